The predicted molar refractivity (Wildman–Crippen MR) is 85.1 cm³/mol. The number of anilines is 2. The molecule has 1 aromatic heterocycles. The van der Waals surface area contributed by atoms with Crippen molar-refractivity contribution in [1.29, 1.82) is 0 Å². The highest BCUT2D eigenvalue weighted by molar-refractivity contribution is 6.30. The van der Waals surface area contributed by atoms with E-state index in [1.54, 1.807) is 4.68 Å². The average Bonchev–Trinajstić information content (AvgIpc) is 2.67. The molecular formula is C15H21ClN4. The van der Waals surface area contributed by atoms with Crippen molar-refractivity contribution < 1.29 is 0 Å². The topological polar surface area (TPSA) is 55.9 Å². The number of aryl methyl sites for hydroxylation is 2. The van der Waals surface area contributed by atoms with Crippen LogP contribution in [0.4, 0.5) is 11.5 Å². The van der Waals surface area contributed by atoms with Gasteiger partial charge in [0.25, 0.3) is 0 Å². The number of nitrogen functional groups attached to an aromatic ring is 1. The third-order valence-electron chi connectivity index (χ3n) is 3.35. The largest absolute Gasteiger partial charge is 0.394 e. The van der Waals surface area contributed by atoms with Crippen molar-refractivity contribution in [2.45, 2.75) is 32.7 Å². The zero-order valence-electron chi connectivity index (χ0n) is 12.2. The van der Waals surface area contributed by atoms with E-state index in [2.05, 4.69) is 24.3 Å². The van der Waals surface area contributed by atoms with Gasteiger partial charge in [0.05, 0.1) is 17.4 Å². The first-order valence-electron chi connectivity index (χ1n) is 6.86. The lowest BCUT2D eigenvalue weighted by molar-refractivity contribution is 0.725. The van der Waals surface area contributed by atoms with Crippen LogP contribution in [-0.4, -0.2) is 9.78 Å². The van der Waals surface area contributed by atoms with E-state index < -0.39 is 0 Å². The number of aromatic nitrogens is 2. The highest BCUT2D eigenvalue weighted by atomic mass is 35.5. The second kappa shape index (κ2) is 6.18. The SMILES string of the molecule is CCCc1nn(C)c(NC(C)c2cccc(Cl)c2)c1N. The summed E-state index contributed by atoms with van der Waals surface area (Å²) in [6.07, 6.45) is 1.93. The van der Waals surface area contributed by atoms with Crippen LogP contribution in [0.5, 0.6) is 0 Å². The Morgan fingerprint density at radius 1 is 1.45 bits per heavy atom. The molecule has 0 aliphatic heterocycles. The lowest BCUT2D eigenvalue weighted by Crippen LogP contribution is -2.11. The number of benzene rings is 1. The van der Waals surface area contributed by atoms with Crippen molar-refractivity contribution in [3.8, 4) is 0 Å². The number of hydrogen-bond acceptors (Lipinski definition) is 3. The second-order valence-electron chi connectivity index (χ2n) is 5.00. The molecule has 1 aromatic carbocycles. The molecule has 1 unspecified atom stereocenters. The van der Waals surface area contributed by atoms with Gasteiger partial charge >= 0.3 is 0 Å². The Balaban J connectivity index is 2.21. The maximum Gasteiger partial charge on any atom is 0.148 e. The number of hydrogen-bond donors (Lipinski definition) is 2. The Kier molecular flexibility index (Phi) is 4.55. The summed E-state index contributed by atoms with van der Waals surface area (Å²) in [6.45, 7) is 4.20. The van der Waals surface area contributed by atoms with Gasteiger partial charge in [-0.05, 0) is 31.0 Å². The Bertz CT molecular complexity index is 592. The molecule has 0 saturated heterocycles. The number of halogens is 1. The van der Waals surface area contributed by atoms with Crippen molar-refractivity contribution >= 4 is 23.1 Å². The van der Waals surface area contributed by atoms with Crippen LogP contribution in [0, 0.1) is 0 Å². The third kappa shape index (κ3) is 3.07. The molecule has 1 heterocycles. The molecule has 2 aromatic rings. The van der Waals surface area contributed by atoms with Gasteiger partial charge < -0.3 is 11.1 Å². The zero-order chi connectivity index (χ0) is 14.7. The molecule has 0 amide bonds. The summed E-state index contributed by atoms with van der Waals surface area (Å²) < 4.78 is 1.81. The molecule has 0 bridgehead atoms. The van der Waals surface area contributed by atoms with Crippen LogP contribution in [0.2, 0.25) is 5.02 Å². The zero-order valence-corrected chi connectivity index (χ0v) is 12.9. The van der Waals surface area contributed by atoms with Crippen molar-refractivity contribution in [2.75, 3.05) is 11.1 Å². The maximum atomic E-state index is 6.17. The van der Waals surface area contributed by atoms with E-state index in [0.717, 1.165) is 40.6 Å². The molecule has 108 valence electrons. The number of nitrogens with one attached hydrogen (secondary N) is 1. The van der Waals surface area contributed by atoms with Crippen molar-refractivity contribution in [1.82, 2.24) is 9.78 Å². The van der Waals surface area contributed by atoms with Crippen molar-refractivity contribution in [2.24, 2.45) is 7.05 Å². The minimum Gasteiger partial charge on any atom is -0.394 e. The van der Waals surface area contributed by atoms with E-state index >= 15 is 0 Å². The first kappa shape index (κ1) is 14.7. The highest BCUT2D eigenvalue weighted by Gasteiger charge is 2.15. The molecular weight excluding hydrogens is 272 g/mol. The Morgan fingerprint density at radius 3 is 2.85 bits per heavy atom. The molecule has 0 aliphatic rings. The normalized spacial score (nSPS) is 12.4. The average molecular weight is 293 g/mol. The lowest BCUT2D eigenvalue weighted by atomic mass is 10.1. The third-order valence-corrected chi connectivity index (χ3v) is 3.58. The van der Waals surface area contributed by atoms with E-state index in [0.29, 0.717) is 0 Å². The van der Waals surface area contributed by atoms with Gasteiger partial charge in [0, 0.05) is 12.1 Å². The molecule has 0 radical (unpaired) electrons. The van der Waals surface area contributed by atoms with Crippen molar-refractivity contribution in [3.63, 3.8) is 0 Å². The van der Waals surface area contributed by atoms with Gasteiger partial charge in [-0.1, -0.05) is 37.1 Å². The Hall–Kier alpha value is -1.68. The fraction of sp³-hybridized carbons (Fsp3) is 0.400. The summed E-state index contributed by atoms with van der Waals surface area (Å²) in [5.41, 5.74) is 8.99. The van der Waals surface area contributed by atoms with Crippen LogP contribution in [0.1, 0.15) is 37.6 Å². The van der Waals surface area contributed by atoms with Crippen LogP contribution in [0.3, 0.4) is 0 Å². The fourth-order valence-electron chi connectivity index (χ4n) is 2.25. The Labute approximate surface area is 124 Å². The van der Waals surface area contributed by atoms with Gasteiger partial charge in [-0.2, -0.15) is 5.10 Å². The van der Waals surface area contributed by atoms with Crippen LogP contribution < -0.4 is 11.1 Å². The quantitative estimate of drug-likeness (QED) is 0.882. The summed E-state index contributed by atoms with van der Waals surface area (Å²) in [7, 11) is 1.91. The lowest BCUT2D eigenvalue weighted by Gasteiger charge is -2.16. The molecule has 4 nitrogen and oxygen atoms in total. The maximum absolute atomic E-state index is 6.17. The van der Waals surface area contributed by atoms with Crippen LogP contribution in [0.15, 0.2) is 24.3 Å². The van der Waals surface area contributed by atoms with E-state index in [-0.39, 0.29) is 6.04 Å². The number of nitrogens with two attached hydrogens (primary N) is 1. The molecule has 0 fully saturated rings. The summed E-state index contributed by atoms with van der Waals surface area (Å²) >= 11 is 6.03. The monoisotopic (exact) mass is 292 g/mol. The number of rotatable bonds is 5. The standard InChI is InChI=1S/C15H21ClN4/c1-4-6-13-14(17)15(20(3)19-13)18-10(2)11-7-5-8-12(16)9-11/h5,7-10,18H,4,6,17H2,1-3H3. The Morgan fingerprint density at radius 2 is 2.20 bits per heavy atom. The highest BCUT2D eigenvalue weighted by Crippen LogP contribution is 2.28. The molecule has 20 heavy (non-hydrogen) atoms. The summed E-state index contributed by atoms with van der Waals surface area (Å²) in [4.78, 5) is 0. The van der Waals surface area contributed by atoms with Gasteiger partial charge in [-0.15, -0.1) is 0 Å². The molecule has 5 heteroatoms. The van der Waals surface area contributed by atoms with E-state index in [4.69, 9.17) is 17.3 Å². The second-order valence-corrected chi connectivity index (χ2v) is 5.44. The summed E-state index contributed by atoms with van der Waals surface area (Å²) in [6, 6.07) is 7.93. The van der Waals surface area contributed by atoms with Gasteiger partial charge in [0.15, 0.2) is 0 Å². The smallest absolute Gasteiger partial charge is 0.148 e. The van der Waals surface area contributed by atoms with Gasteiger partial charge in [-0.25, -0.2) is 0 Å². The van der Waals surface area contributed by atoms with Gasteiger partial charge in [0.1, 0.15) is 5.82 Å². The molecule has 1 atom stereocenters. The molecule has 0 aliphatic carbocycles. The van der Waals surface area contributed by atoms with Crippen molar-refractivity contribution in [3.05, 3.63) is 40.5 Å². The molecule has 2 rings (SSSR count). The van der Waals surface area contributed by atoms with E-state index in [1.807, 2.05) is 31.3 Å². The van der Waals surface area contributed by atoms with E-state index in [9.17, 15) is 0 Å². The summed E-state index contributed by atoms with van der Waals surface area (Å²) in [5, 5.41) is 8.62. The molecule has 0 saturated carbocycles. The van der Waals surface area contributed by atoms with Crippen LogP contribution in [0.25, 0.3) is 0 Å². The predicted octanol–water partition coefficient (Wildman–Crippen LogP) is 3.78. The van der Waals surface area contributed by atoms with Crippen LogP contribution >= 0.6 is 11.6 Å². The molecule has 3 N–H and O–H groups in total. The minimum atomic E-state index is 0.112. The van der Waals surface area contributed by atoms with Gasteiger partial charge in [0.2, 0.25) is 0 Å². The fourth-order valence-corrected chi connectivity index (χ4v) is 2.45. The van der Waals surface area contributed by atoms with E-state index in [1.165, 1.54) is 0 Å². The minimum absolute atomic E-state index is 0.112. The summed E-state index contributed by atoms with van der Waals surface area (Å²) in [5.74, 6) is 0.862. The first-order valence-corrected chi connectivity index (χ1v) is 7.24. The first-order chi connectivity index (χ1) is 9.52. The van der Waals surface area contributed by atoms with Crippen LogP contribution in [-0.2, 0) is 13.5 Å². The molecule has 0 spiro atoms. The number of nitrogens with zero attached hydrogens (tertiary/aromatic N) is 2. The van der Waals surface area contributed by atoms with Gasteiger partial charge in [-0.3, -0.25) is 4.68 Å².